The first-order chi connectivity index (χ1) is 6.13. The summed E-state index contributed by atoms with van der Waals surface area (Å²) in [7, 11) is 0. The first kappa shape index (κ1) is 8.28. The van der Waals surface area contributed by atoms with E-state index in [0.717, 1.165) is 11.8 Å². The van der Waals surface area contributed by atoms with E-state index in [4.69, 9.17) is 5.73 Å². The zero-order chi connectivity index (χ0) is 9.10. The van der Waals surface area contributed by atoms with Gasteiger partial charge in [0.1, 0.15) is 0 Å². The van der Waals surface area contributed by atoms with Crippen molar-refractivity contribution in [2.24, 2.45) is 23.0 Å². The quantitative estimate of drug-likeness (QED) is 0.658. The van der Waals surface area contributed by atoms with Crippen LogP contribution in [0.2, 0.25) is 0 Å². The van der Waals surface area contributed by atoms with Crippen molar-refractivity contribution in [2.75, 3.05) is 0 Å². The molecule has 0 aromatic rings. The van der Waals surface area contributed by atoms with E-state index >= 15 is 0 Å². The summed E-state index contributed by atoms with van der Waals surface area (Å²) in [6, 6.07) is 0. The second kappa shape index (κ2) is 2.31. The molecule has 0 spiro atoms. The second-order valence-electron chi connectivity index (χ2n) is 6.18. The van der Waals surface area contributed by atoms with Gasteiger partial charge in [-0.2, -0.15) is 0 Å². The molecule has 4 aliphatic rings. The average molecular weight is 179 g/mol. The fourth-order valence-electron chi connectivity index (χ4n) is 4.94. The Morgan fingerprint density at radius 2 is 1.77 bits per heavy atom. The topological polar surface area (TPSA) is 26.0 Å². The molecule has 2 unspecified atom stereocenters. The van der Waals surface area contributed by atoms with E-state index in [9.17, 15) is 0 Å². The lowest BCUT2D eigenvalue weighted by Gasteiger charge is -2.61. The summed E-state index contributed by atoms with van der Waals surface area (Å²) in [5.74, 6) is 1.98. The van der Waals surface area contributed by atoms with Gasteiger partial charge in [-0.25, -0.2) is 0 Å². The molecule has 4 saturated carbocycles. The summed E-state index contributed by atoms with van der Waals surface area (Å²) in [5, 5.41) is 0. The van der Waals surface area contributed by atoms with Gasteiger partial charge in [0.25, 0.3) is 0 Å². The van der Waals surface area contributed by atoms with E-state index < -0.39 is 0 Å². The molecule has 4 aliphatic carbocycles. The first-order valence-corrected chi connectivity index (χ1v) is 5.92. The predicted molar refractivity (Wildman–Crippen MR) is 54.3 cm³/mol. The van der Waals surface area contributed by atoms with Gasteiger partial charge in [-0.05, 0) is 55.8 Å². The maximum absolute atomic E-state index is 6.48. The summed E-state index contributed by atoms with van der Waals surface area (Å²) in [6.45, 7) is 2.37. The third-order valence-corrected chi connectivity index (χ3v) is 4.98. The molecule has 0 heterocycles. The van der Waals surface area contributed by atoms with Crippen LogP contribution in [0.3, 0.4) is 0 Å². The van der Waals surface area contributed by atoms with Crippen LogP contribution in [0.5, 0.6) is 0 Å². The first-order valence-electron chi connectivity index (χ1n) is 5.92. The number of hydrogen-bond acceptors (Lipinski definition) is 1. The van der Waals surface area contributed by atoms with Crippen molar-refractivity contribution in [3.63, 3.8) is 0 Å². The molecule has 0 aliphatic heterocycles. The standard InChI is InChI=1S/C12H21N/c1-2-11-4-9-3-10(5-11)7-12(13,6-9)8-11/h9-10H,2-8,13H2,1H3/t9-,10+,11?,12?. The molecule has 74 valence electrons. The Labute approximate surface area is 81.1 Å². The largest absolute Gasteiger partial charge is 0.325 e. The van der Waals surface area contributed by atoms with Crippen LogP contribution < -0.4 is 5.73 Å². The normalized spacial score (nSPS) is 58.6. The molecule has 4 rings (SSSR count). The predicted octanol–water partition coefficient (Wildman–Crippen LogP) is 2.69. The van der Waals surface area contributed by atoms with Gasteiger partial charge in [-0.1, -0.05) is 13.3 Å². The molecule has 0 radical (unpaired) electrons. The van der Waals surface area contributed by atoms with Gasteiger partial charge in [0.05, 0.1) is 0 Å². The molecule has 2 N–H and O–H groups in total. The molecule has 4 bridgehead atoms. The molecule has 1 heteroatoms. The van der Waals surface area contributed by atoms with Crippen molar-refractivity contribution in [1.29, 1.82) is 0 Å². The van der Waals surface area contributed by atoms with E-state index in [1.807, 2.05) is 0 Å². The van der Waals surface area contributed by atoms with E-state index in [0.29, 0.717) is 5.41 Å². The Bertz CT molecular complexity index is 219. The number of rotatable bonds is 1. The van der Waals surface area contributed by atoms with Crippen LogP contribution in [0, 0.1) is 17.3 Å². The van der Waals surface area contributed by atoms with Crippen molar-refractivity contribution in [3.05, 3.63) is 0 Å². The minimum Gasteiger partial charge on any atom is -0.325 e. The lowest BCUT2D eigenvalue weighted by atomic mass is 9.46. The monoisotopic (exact) mass is 179 g/mol. The minimum absolute atomic E-state index is 0.264. The lowest BCUT2D eigenvalue weighted by molar-refractivity contribution is -0.0687. The van der Waals surface area contributed by atoms with E-state index in [-0.39, 0.29) is 5.54 Å². The molecule has 1 nitrogen and oxygen atoms in total. The van der Waals surface area contributed by atoms with Crippen LogP contribution in [-0.2, 0) is 0 Å². The molecule has 0 aromatic heterocycles. The van der Waals surface area contributed by atoms with Gasteiger partial charge in [0.2, 0.25) is 0 Å². The Morgan fingerprint density at radius 1 is 1.15 bits per heavy atom. The third-order valence-electron chi connectivity index (χ3n) is 4.98. The summed E-state index contributed by atoms with van der Waals surface area (Å²) in [6.07, 6.45) is 9.89. The highest BCUT2D eigenvalue weighted by Gasteiger charge is 2.55. The summed E-state index contributed by atoms with van der Waals surface area (Å²) in [5.41, 5.74) is 7.42. The Kier molecular flexibility index (Phi) is 1.47. The molecular formula is C12H21N. The summed E-state index contributed by atoms with van der Waals surface area (Å²) >= 11 is 0. The van der Waals surface area contributed by atoms with Gasteiger partial charge in [0, 0.05) is 5.54 Å². The molecule has 4 fully saturated rings. The highest BCUT2D eigenvalue weighted by Crippen LogP contribution is 2.61. The van der Waals surface area contributed by atoms with Crippen LogP contribution in [0.15, 0.2) is 0 Å². The van der Waals surface area contributed by atoms with E-state index in [1.165, 1.54) is 44.9 Å². The Balaban J connectivity index is 1.95. The maximum Gasteiger partial charge on any atom is 0.0164 e. The fraction of sp³-hybridized carbons (Fsp3) is 1.00. The van der Waals surface area contributed by atoms with E-state index in [1.54, 1.807) is 0 Å². The van der Waals surface area contributed by atoms with Gasteiger partial charge < -0.3 is 5.73 Å². The second-order valence-corrected chi connectivity index (χ2v) is 6.18. The van der Waals surface area contributed by atoms with Crippen LogP contribution in [-0.4, -0.2) is 5.54 Å². The smallest absolute Gasteiger partial charge is 0.0164 e. The molecular weight excluding hydrogens is 158 g/mol. The Hall–Kier alpha value is -0.0400. The molecule has 0 aromatic carbocycles. The summed E-state index contributed by atoms with van der Waals surface area (Å²) in [4.78, 5) is 0. The van der Waals surface area contributed by atoms with Crippen molar-refractivity contribution >= 4 is 0 Å². The highest BCUT2D eigenvalue weighted by atomic mass is 14.8. The number of nitrogens with two attached hydrogens (primary N) is 1. The third kappa shape index (κ3) is 1.09. The van der Waals surface area contributed by atoms with Crippen molar-refractivity contribution in [3.8, 4) is 0 Å². The van der Waals surface area contributed by atoms with Crippen molar-refractivity contribution < 1.29 is 0 Å². The van der Waals surface area contributed by atoms with E-state index in [2.05, 4.69) is 6.92 Å². The highest BCUT2D eigenvalue weighted by molar-refractivity contribution is 5.09. The Morgan fingerprint density at radius 3 is 2.23 bits per heavy atom. The fourth-order valence-corrected chi connectivity index (χ4v) is 4.94. The molecule has 0 amide bonds. The maximum atomic E-state index is 6.48. The average Bonchev–Trinajstić information content (AvgIpc) is 1.99. The molecule has 0 saturated heterocycles. The minimum atomic E-state index is 0.264. The number of hydrogen-bond donors (Lipinski definition) is 1. The van der Waals surface area contributed by atoms with Crippen LogP contribution >= 0.6 is 0 Å². The van der Waals surface area contributed by atoms with Crippen molar-refractivity contribution in [1.82, 2.24) is 0 Å². The van der Waals surface area contributed by atoms with Crippen LogP contribution in [0.4, 0.5) is 0 Å². The zero-order valence-electron chi connectivity index (χ0n) is 8.68. The van der Waals surface area contributed by atoms with Gasteiger partial charge in [-0.3, -0.25) is 0 Å². The lowest BCUT2D eigenvalue weighted by Crippen LogP contribution is -2.59. The van der Waals surface area contributed by atoms with Gasteiger partial charge in [-0.15, -0.1) is 0 Å². The molecule has 13 heavy (non-hydrogen) atoms. The van der Waals surface area contributed by atoms with Gasteiger partial charge >= 0.3 is 0 Å². The zero-order valence-corrected chi connectivity index (χ0v) is 8.68. The summed E-state index contributed by atoms with van der Waals surface area (Å²) < 4.78 is 0. The SMILES string of the molecule is CCC12C[C@@H]3C[C@@H](CC(N)(C3)C1)C2. The van der Waals surface area contributed by atoms with Crippen LogP contribution in [0.1, 0.15) is 51.9 Å². The van der Waals surface area contributed by atoms with Gasteiger partial charge in [0.15, 0.2) is 0 Å². The van der Waals surface area contributed by atoms with Crippen molar-refractivity contribution in [2.45, 2.75) is 57.4 Å². The van der Waals surface area contributed by atoms with Crippen LogP contribution in [0.25, 0.3) is 0 Å². The molecule has 4 atom stereocenters.